The van der Waals surface area contributed by atoms with Crippen LogP contribution in [0.1, 0.15) is 47.9 Å². The number of carboxylic acid groups (broad SMARTS) is 1. The van der Waals surface area contributed by atoms with Crippen molar-refractivity contribution in [3.8, 4) is 28.7 Å². The van der Waals surface area contributed by atoms with Crippen molar-refractivity contribution in [2.75, 3.05) is 19.8 Å². The second kappa shape index (κ2) is 19.0. The highest BCUT2D eigenvalue weighted by molar-refractivity contribution is 9.10. The SMILES string of the molecule is N#Cc1cncc(COc2cc(OCc3cccc(-c4cccc5c4cnn5CCCCOC(=O)[C@@H]4CCCN4)c3Br)c(Cl)cc2CN[C@@H](CO)C(=O)O)c1. The van der Waals surface area contributed by atoms with Gasteiger partial charge in [-0.05, 0) is 77.5 Å². The zero-order valence-electron chi connectivity index (χ0n) is 29.8. The van der Waals surface area contributed by atoms with Crippen LogP contribution in [0.2, 0.25) is 5.02 Å². The average molecular weight is 832 g/mol. The molecule has 3 aromatic carbocycles. The van der Waals surface area contributed by atoms with Crippen molar-refractivity contribution in [3.63, 3.8) is 0 Å². The molecule has 6 rings (SSSR count). The summed E-state index contributed by atoms with van der Waals surface area (Å²) >= 11 is 10.5. The molecule has 0 bridgehead atoms. The highest BCUT2D eigenvalue weighted by Crippen LogP contribution is 2.38. The number of nitriles is 1. The monoisotopic (exact) mass is 830 g/mol. The Morgan fingerprint density at radius 1 is 1.05 bits per heavy atom. The lowest BCUT2D eigenvalue weighted by Gasteiger charge is -2.18. The van der Waals surface area contributed by atoms with Crippen LogP contribution in [0.5, 0.6) is 11.5 Å². The number of rotatable bonds is 18. The highest BCUT2D eigenvalue weighted by Gasteiger charge is 2.23. The Bertz CT molecular complexity index is 2190. The summed E-state index contributed by atoms with van der Waals surface area (Å²) in [5.41, 5.74) is 5.40. The second-order valence-corrected chi connectivity index (χ2v) is 14.2. The van der Waals surface area contributed by atoms with E-state index in [1.165, 1.54) is 6.20 Å². The molecule has 13 nitrogen and oxygen atoms in total. The molecule has 2 atom stereocenters. The number of fused-ring (bicyclic) bond motifs is 1. The van der Waals surface area contributed by atoms with E-state index >= 15 is 0 Å². The molecule has 0 saturated carbocycles. The van der Waals surface area contributed by atoms with Gasteiger partial charge in [0.2, 0.25) is 0 Å². The largest absolute Gasteiger partial charge is 0.488 e. The number of hydrogen-bond acceptors (Lipinski definition) is 11. The number of aliphatic hydroxyl groups is 1. The smallest absolute Gasteiger partial charge is 0.323 e. The van der Waals surface area contributed by atoms with E-state index in [2.05, 4.69) is 48.8 Å². The summed E-state index contributed by atoms with van der Waals surface area (Å²) in [7, 11) is 0. The second-order valence-electron chi connectivity index (χ2n) is 13.0. The van der Waals surface area contributed by atoms with Gasteiger partial charge in [0.25, 0.3) is 0 Å². The van der Waals surface area contributed by atoms with Gasteiger partial charge in [-0.25, -0.2) is 0 Å². The molecule has 5 aromatic rings. The number of esters is 1. The van der Waals surface area contributed by atoms with E-state index in [1.807, 2.05) is 41.2 Å². The first-order valence-electron chi connectivity index (χ1n) is 17.9. The molecule has 3 heterocycles. The number of nitrogens with one attached hydrogen (secondary N) is 2. The Balaban J connectivity index is 1.15. The van der Waals surface area contributed by atoms with Crippen molar-refractivity contribution in [1.82, 2.24) is 25.4 Å². The molecule has 0 spiro atoms. The van der Waals surface area contributed by atoms with Gasteiger partial charge >= 0.3 is 11.9 Å². The molecule has 0 aliphatic carbocycles. The topological polar surface area (TPSA) is 181 Å². The molecule has 0 radical (unpaired) electrons. The van der Waals surface area contributed by atoms with Crippen molar-refractivity contribution in [3.05, 3.63) is 105 Å². The molecule has 0 amide bonds. The summed E-state index contributed by atoms with van der Waals surface area (Å²) in [4.78, 5) is 27.8. The summed E-state index contributed by atoms with van der Waals surface area (Å²) in [6, 6.07) is 17.7. The van der Waals surface area contributed by atoms with Gasteiger partial charge in [0.1, 0.15) is 42.9 Å². The molecule has 1 aliphatic heterocycles. The van der Waals surface area contributed by atoms with Crippen molar-refractivity contribution < 1.29 is 34.0 Å². The van der Waals surface area contributed by atoms with Gasteiger partial charge in [-0.15, -0.1) is 0 Å². The van der Waals surface area contributed by atoms with Crippen LogP contribution in [0.15, 0.2) is 77.7 Å². The summed E-state index contributed by atoms with van der Waals surface area (Å²) < 4.78 is 20.7. The minimum absolute atomic E-state index is 0.0345. The van der Waals surface area contributed by atoms with E-state index in [9.17, 15) is 25.1 Å². The molecule has 15 heteroatoms. The van der Waals surface area contributed by atoms with Crippen LogP contribution in [0.4, 0.5) is 0 Å². The Labute approximate surface area is 331 Å². The van der Waals surface area contributed by atoms with Crippen molar-refractivity contribution >= 4 is 50.4 Å². The van der Waals surface area contributed by atoms with Crippen molar-refractivity contribution in [1.29, 1.82) is 5.26 Å². The Kier molecular flexibility index (Phi) is 13.7. The van der Waals surface area contributed by atoms with E-state index in [4.69, 9.17) is 25.8 Å². The number of ether oxygens (including phenoxy) is 3. The number of aliphatic hydroxyl groups excluding tert-OH is 1. The van der Waals surface area contributed by atoms with E-state index in [0.717, 1.165) is 64.3 Å². The van der Waals surface area contributed by atoms with Crippen molar-refractivity contribution in [2.45, 2.75) is 64.1 Å². The number of carboxylic acids is 1. The maximum Gasteiger partial charge on any atom is 0.323 e. The van der Waals surface area contributed by atoms with Gasteiger partial charge in [0.05, 0.1) is 35.5 Å². The molecule has 55 heavy (non-hydrogen) atoms. The quantitative estimate of drug-likeness (QED) is 0.0585. The zero-order chi connectivity index (χ0) is 38.7. The fourth-order valence-electron chi connectivity index (χ4n) is 6.30. The number of hydrogen-bond donors (Lipinski definition) is 4. The highest BCUT2D eigenvalue weighted by atomic mass is 79.9. The van der Waals surface area contributed by atoms with Gasteiger partial charge in [-0.3, -0.25) is 24.6 Å². The maximum absolute atomic E-state index is 12.2. The molecule has 1 aliphatic rings. The summed E-state index contributed by atoms with van der Waals surface area (Å²) in [5, 5.41) is 40.1. The van der Waals surface area contributed by atoms with E-state index < -0.39 is 18.6 Å². The number of carbonyl (C=O) groups is 2. The lowest BCUT2D eigenvalue weighted by molar-refractivity contribution is -0.146. The zero-order valence-corrected chi connectivity index (χ0v) is 32.2. The Hall–Kier alpha value is -5.04. The van der Waals surface area contributed by atoms with E-state index in [1.54, 1.807) is 24.4 Å². The number of unbranched alkanes of at least 4 members (excludes halogenated alkanes) is 1. The van der Waals surface area contributed by atoms with Gasteiger partial charge in [-0.1, -0.05) is 41.9 Å². The fraction of sp³-hybridized carbons (Fsp3) is 0.325. The summed E-state index contributed by atoms with van der Waals surface area (Å²) in [6.07, 6.45) is 8.29. The van der Waals surface area contributed by atoms with Gasteiger partial charge in [0, 0.05) is 58.1 Å². The molecule has 1 saturated heterocycles. The minimum atomic E-state index is -1.20. The van der Waals surface area contributed by atoms with Crippen LogP contribution in [-0.2, 0) is 40.6 Å². The van der Waals surface area contributed by atoms with Gasteiger partial charge in [0.15, 0.2) is 0 Å². The number of pyridine rings is 1. The normalized spacial score (nSPS) is 14.4. The summed E-state index contributed by atoms with van der Waals surface area (Å²) in [6.45, 7) is 1.59. The van der Waals surface area contributed by atoms with Gasteiger partial charge in [-0.2, -0.15) is 10.4 Å². The first kappa shape index (κ1) is 39.6. The molecule has 0 unspecified atom stereocenters. The Morgan fingerprint density at radius 2 is 1.87 bits per heavy atom. The van der Waals surface area contributed by atoms with E-state index in [0.29, 0.717) is 41.3 Å². The first-order valence-corrected chi connectivity index (χ1v) is 19.0. The third-order valence-electron chi connectivity index (χ3n) is 9.25. The lowest BCUT2D eigenvalue weighted by atomic mass is 10.00. The predicted molar refractivity (Wildman–Crippen MR) is 209 cm³/mol. The number of aromatic nitrogens is 3. The number of aryl methyl sites for hydroxylation is 1. The average Bonchev–Trinajstić information content (AvgIpc) is 3.89. The maximum atomic E-state index is 12.2. The van der Waals surface area contributed by atoms with Crippen molar-refractivity contribution in [2.24, 2.45) is 0 Å². The lowest BCUT2D eigenvalue weighted by Crippen LogP contribution is -2.39. The van der Waals surface area contributed by atoms with Crippen LogP contribution in [-0.4, -0.2) is 68.8 Å². The standard InChI is InChI=1S/C40H40BrClN6O7/c41-38-27(6-3-8-30(38)29-7-4-10-35-31(29)21-47-48(35)12-1-2-13-53-40(52)33-9-5-11-45-33)24-55-37-16-36(54-23-26-14-25(17-43)18-44-19-26)28(15-32(37)42)20-46-34(22-49)39(50)51/h3-4,6-8,10,14-16,18-19,21,33-34,45-46,49H,1-2,5,9,11-13,20,22-24H2,(H,50,51)/t33-,34-/m0/s1. The van der Waals surface area contributed by atoms with Crippen LogP contribution in [0, 0.1) is 11.3 Å². The number of carbonyl (C=O) groups excluding carboxylic acids is 1. The molecule has 1 fully saturated rings. The number of benzene rings is 3. The first-order chi connectivity index (χ1) is 26.7. The van der Waals surface area contributed by atoms with Crippen LogP contribution in [0.25, 0.3) is 22.0 Å². The number of nitrogens with zero attached hydrogens (tertiary/aromatic N) is 4. The van der Waals surface area contributed by atoms with Gasteiger partial charge < -0.3 is 29.7 Å². The van der Waals surface area contributed by atoms with Crippen LogP contribution >= 0.6 is 27.5 Å². The summed E-state index contributed by atoms with van der Waals surface area (Å²) in [5.74, 6) is -0.655. The molecular weight excluding hydrogens is 792 g/mol. The third kappa shape index (κ3) is 9.99. The predicted octanol–water partition coefficient (Wildman–Crippen LogP) is 6.15. The van der Waals surface area contributed by atoms with E-state index in [-0.39, 0.29) is 36.8 Å². The number of halogens is 2. The molecule has 2 aromatic heterocycles. The Morgan fingerprint density at radius 3 is 2.65 bits per heavy atom. The minimum Gasteiger partial charge on any atom is -0.488 e. The molecule has 286 valence electrons. The third-order valence-corrected chi connectivity index (χ3v) is 10.5. The van der Waals surface area contributed by atoms with Crippen LogP contribution in [0.3, 0.4) is 0 Å². The molecular formula is C40H40BrClN6O7. The molecule has 4 N–H and O–H groups in total. The number of aliphatic carboxylic acids is 1. The van der Waals surface area contributed by atoms with Crippen LogP contribution < -0.4 is 20.1 Å². The fourth-order valence-corrected chi connectivity index (χ4v) is 7.14.